The maximum Gasteiger partial charge on any atom is 0.238 e. The average Bonchev–Trinajstić information content (AvgIpc) is 2.72. The fraction of sp³-hybridized carbons (Fsp3) is 0.412. The molecule has 6 nitrogen and oxygen atoms in total. The quantitative estimate of drug-likeness (QED) is 0.940. The number of nitrogens with zero attached hydrogens (tertiary/aromatic N) is 4. The Balaban J connectivity index is 1.50. The van der Waals surface area contributed by atoms with E-state index in [9.17, 15) is 4.79 Å². The minimum atomic E-state index is -0.493. The molecule has 0 aromatic carbocycles. The van der Waals surface area contributed by atoms with Crippen LogP contribution in [0.25, 0.3) is 0 Å². The van der Waals surface area contributed by atoms with Crippen LogP contribution < -0.4 is 10.2 Å². The summed E-state index contributed by atoms with van der Waals surface area (Å²) in [5, 5.41) is 3.36. The standard InChI is InChI=1S/C17H19N5O/c1-17(2)13-4-3-5-20-15(13)22(16(17)23)12-8-11(9-12)21-14-10-18-6-7-19-14/h3-7,10-12H,8-9H2,1-2H3,(H,19,21)/t11-,12-. The topological polar surface area (TPSA) is 71.0 Å². The molecule has 4 rings (SSSR count). The number of pyridine rings is 1. The van der Waals surface area contributed by atoms with Gasteiger partial charge in [-0.1, -0.05) is 6.07 Å². The Morgan fingerprint density at radius 3 is 2.78 bits per heavy atom. The van der Waals surface area contributed by atoms with Crippen molar-refractivity contribution in [3.8, 4) is 0 Å². The van der Waals surface area contributed by atoms with Gasteiger partial charge in [0, 0.05) is 36.2 Å². The highest BCUT2D eigenvalue weighted by molar-refractivity contribution is 6.07. The van der Waals surface area contributed by atoms with Crippen molar-refractivity contribution >= 4 is 17.5 Å². The maximum atomic E-state index is 12.8. The van der Waals surface area contributed by atoms with Crippen LogP contribution in [0.5, 0.6) is 0 Å². The van der Waals surface area contributed by atoms with Crippen LogP contribution in [-0.2, 0) is 10.2 Å². The molecule has 1 aliphatic heterocycles. The highest BCUT2D eigenvalue weighted by Crippen LogP contribution is 2.44. The predicted octanol–water partition coefficient (Wildman–Crippen LogP) is 2.14. The molecule has 1 N–H and O–H groups in total. The molecule has 3 heterocycles. The molecule has 0 saturated heterocycles. The highest BCUT2D eigenvalue weighted by atomic mass is 16.2. The monoisotopic (exact) mass is 309 g/mol. The number of carbonyl (C=O) groups excluding carboxylic acids is 1. The Kier molecular flexibility index (Phi) is 3.07. The molecule has 0 unspecified atom stereocenters. The molecule has 1 fully saturated rings. The van der Waals surface area contributed by atoms with Crippen LogP contribution in [0.4, 0.5) is 11.6 Å². The number of nitrogens with one attached hydrogen (secondary N) is 1. The lowest BCUT2D eigenvalue weighted by molar-refractivity contribution is -0.122. The fourth-order valence-electron chi connectivity index (χ4n) is 3.43. The molecule has 0 atom stereocenters. The Morgan fingerprint density at radius 1 is 1.22 bits per heavy atom. The van der Waals surface area contributed by atoms with Gasteiger partial charge in [0.25, 0.3) is 0 Å². The summed E-state index contributed by atoms with van der Waals surface area (Å²) in [6.07, 6.45) is 8.60. The van der Waals surface area contributed by atoms with Crippen LogP contribution in [0, 0.1) is 0 Å². The molecule has 1 amide bonds. The Bertz CT molecular complexity index is 740. The first-order chi connectivity index (χ1) is 11.1. The van der Waals surface area contributed by atoms with Gasteiger partial charge >= 0.3 is 0 Å². The van der Waals surface area contributed by atoms with Gasteiger partial charge in [0.1, 0.15) is 11.6 Å². The van der Waals surface area contributed by atoms with Crippen molar-refractivity contribution in [1.82, 2.24) is 15.0 Å². The van der Waals surface area contributed by atoms with E-state index in [-0.39, 0.29) is 11.9 Å². The third-order valence-electron chi connectivity index (χ3n) is 4.84. The van der Waals surface area contributed by atoms with E-state index in [2.05, 4.69) is 20.3 Å². The molecular formula is C17H19N5O. The maximum absolute atomic E-state index is 12.8. The minimum absolute atomic E-state index is 0.147. The largest absolute Gasteiger partial charge is 0.366 e. The Morgan fingerprint density at radius 2 is 2.04 bits per heavy atom. The number of carbonyl (C=O) groups is 1. The van der Waals surface area contributed by atoms with Crippen LogP contribution in [0.1, 0.15) is 32.3 Å². The molecule has 1 aliphatic carbocycles. The summed E-state index contributed by atoms with van der Waals surface area (Å²) in [4.78, 5) is 27.5. The van der Waals surface area contributed by atoms with Crippen molar-refractivity contribution < 1.29 is 4.79 Å². The molecule has 0 bridgehead atoms. The van der Waals surface area contributed by atoms with Crippen molar-refractivity contribution in [3.05, 3.63) is 42.5 Å². The second kappa shape index (κ2) is 5.01. The lowest BCUT2D eigenvalue weighted by atomic mass is 9.84. The van der Waals surface area contributed by atoms with Crippen molar-refractivity contribution in [3.63, 3.8) is 0 Å². The van der Waals surface area contributed by atoms with Crippen LogP contribution in [0.2, 0.25) is 0 Å². The highest BCUT2D eigenvalue weighted by Gasteiger charge is 2.50. The average molecular weight is 309 g/mol. The molecule has 2 aromatic rings. The van der Waals surface area contributed by atoms with Crippen molar-refractivity contribution in [2.24, 2.45) is 0 Å². The van der Waals surface area contributed by atoms with E-state index >= 15 is 0 Å². The number of fused-ring (bicyclic) bond motifs is 1. The molecule has 6 heteroatoms. The summed E-state index contributed by atoms with van der Waals surface area (Å²) in [7, 11) is 0. The second-order valence-electron chi connectivity index (χ2n) is 6.73. The van der Waals surface area contributed by atoms with Gasteiger partial charge in [-0.15, -0.1) is 0 Å². The van der Waals surface area contributed by atoms with E-state index in [1.54, 1.807) is 24.8 Å². The number of anilines is 2. The minimum Gasteiger partial charge on any atom is -0.366 e. The number of amides is 1. The zero-order valence-corrected chi connectivity index (χ0v) is 13.2. The van der Waals surface area contributed by atoms with E-state index in [4.69, 9.17) is 0 Å². The van der Waals surface area contributed by atoms with Crippen LogP contribution in [0.15, 0.2) is 36.9 Å². The predicted molar refractivity (Wildman–Crippen MR) is 87.2 cm³/mol. The molecule has 118 valence electrons. The summed E-state index contributed by atoms with van der Waals surface area (Å²) in [6.45, 7) is 3.95. The van der Waals surface area contributed by atoms with E-state index in [1.807, 2.05) is 30.9 Å². The molecule has 0 radical (unpaired) electrons. The van der Waals surface area contributed by atoms with Gasteiger partial charge in [0.15, 0.2) is 0 Å². The van der Waals surface area contributed by atoms with E-state index < -0.39 is 5.41 Å². The van der Waals surface area contributed by atoms with Gasteiger partial charge < -0.3 is 5.32 Å². The molecule has 2 aliphatic rings. The Labute approximate surface area is 135 Å². The van der Waals surface area contributed by atoms with Crippen LogP contribution >= 0.6 is 0 Å². The van der Waals surface area contributed by atoms with Crippen LogP contribution in [-0.4, -0.2) is 32.9 Å². The number of hydrogen-bond acceptors (Lipinski definition) is 5. The van der Waals surface area contributed by atoms with Gasteiger partial charge in [-0.2, -0.15) is 0 Å². The summed E-state index contributed by atoms with van der Waals surface area (Å²) >= 11 is 0. The van der Waals surface area contributed by atoms with Gasteiger partial charge in [0.2, 0.25) is 5.91 Å². The molecular weight excluding hydrogens is 290 g/mol. The number of aromatic nitrogens is 3. The molecule has 2 aromatic heterocycles. The third kappa shape index (κ3) is 2.17. The summed E-state index contributed by atoms with van der Waals surface area (Å²) in [5.74, 6) is 1.75. The van der Waals surface area contributed by atoms with Gasteiger partial charge in [-0.05, 0) is 32.8 Å². The van der Waals surface area contributed by atoms with E-state index in [0.29, 0.717) is 6.04 Å². The van der Waals surface area contributed by atoms with E-state index in [1.165, 1.54) is 0 Å². The lowest BCUT2D eigenvalue weighted by Gasteiger charge is -2.41. The second-order valence-corrected chi connectivity index (χ2v) is 6.73. The fourth-order valence-corrected chi connectivity index (χ4v) is 3.43. The first-order valence-electron chi connectivity index (χ1n) is 7.89. The normalized spacial score (nSPS) is 25.0. The SMILES string of the molecule is CC1(C)C(=O)N([C@H]2C[C@H](Nc3cnccn3)C2)c2ncccc21. The summed E-state index contributed by atoms with van der Waals surface area (Å²) in [5.41, 5.74) is 0.530. The van der Waals surface area contributed by atoms with Crippen molar-refractivity contribution in [2.45, 2.75) is 44.2 Å². The van der Waals surface area contributed by atoms with Gasteiger partial charge in [-0.3, -0.25) is 14.7 Å². The Hall–Kier alpha value is -2.50. The molecule has 23 heavy (non-hydrogen) atoms. The zero-order valence-electron chi connectivity index (χ0n) is 13.2. The van der Waals surface area contributed by atoms with Crippen LogP contribution in [0.3, 0.4) is 0 Å². The van der Waals surface area contributed by atoms with Gasteiger partial charge in [-0.25, -0.2) is 9.97 Å². The summed E-state index contributed by atoms with van der Waals surface area (Å²) < 4.78 is 0. The number of rotatable bonds is 3. The number of hydrogen-bond donors (Lipinski definition) is 1. The van der Waals surface area contributed by atoms with Gasteiger partial charge in [0.05, 0.1) is 11.6 Å². The third-order valence-corrected chi connectivity index (χ3v) is 4.84. The smallest absolute Gasteiger partial charge is 0.238 e. The van der Waals surface area contributed by atoms with Crippen molar-refractivity contribution in [2.75, 3.05) is 10.2 Å². The first kappa shape index (κ1) is 14.1. The lowest BCUT2D eigenvalue weighted by Crippen LogP contribution is -2.53. The molecule has 1 saturated carbocycles. The van der Waals surface area contributed by atoms with Crippen molar-refractivity contribution in [1.29, 1.82) is 0 Å². The first-order valence-corrected chi connectivity index (χ1v) is 7.89. The van der Waals surface area contributed by atoms with E-state index in [0.717, 1.165) is 30.0 Å². The zero-order chi connectivity index (χ0) is 16.0. The summed E-state index contributed by atoms with van der Waals surface area (Å²) in [6, 6.07) is 4.43. The molecule has 0 spiro atoms.